The molecule has 0 saturated carbocycles. The van der Waals surface area contributed by atoms with E-state index in [1.165, 1.54) is 0 Å². The lowest BCUT2D eigenvalue weighted by molar-refractivity contribution is -0.113. The molecule has 3 rings (SSSR count). The van der Waals surface area contributed by atoms with E-state index in [1.54, 1.807) is 43.5 Å². The molecule has 0 spiro atoms. The number of halogens is 1. The first kappa shape index (κ1) is 18.2. The van der Waals surface area contributed by atoms with Gasteiger partial charge in [-0.1, -0.05) is 23.7 Å². The Morgan fingerprint density at radius 1 is 1.15 bits per heavy atom. The highest BCUT2D eigenvalue weighted by atomic mass is 35.5. The summed E-state index contributed by atoms with van der Waals surface area (Å²) in [4.78, 5) is 12.9. The lowest BCUT2D eigenvalue weighted by Crippen LogP contribution is -2.45. The van der Waals surface area contributed by atoms with Crippen molar-refractivity contribution in [3.63, 3.8) is 0 Å². The number of nitrogens with one attached hydrogen (secondary N) is 3. The van der Waals surface area contributed by atoms with Crippen molar-refractivity contribution in [1.29, 1.82) is 0 Å². The third-order valence-corrected chi connectivity index (χ3v) is 4.54. The Labute approximate surface area is 162 Å². The van der Waals surface area contributed by atoms with Crippen molar-refractivity contribution in [3.8, 4) is 5.75 Å². The van der Waals surface area contributed by atoms with Crippen molar-refractivity contribution in [2.75, 3.05) is 12.4 Å². The van der Waals surface area contributed by atoms with Gasteiger partial charge in [0.1, 0.15) is 5.75 Å². The summed E-state index contributed by atoms with van der Waals surface area (Å²) in [5.41, 5.74) is 2.85. The van der Waals surface area contributed by atoms with Crippen LogP contribution in [0.2, 0.25) is 5.02 Å². The van der Waals surface area contributed by atoms with E-state index in [-0.39, 0.29) is 11.9 Å². The van der Waals surface area contributed by atoms with Gasteiger partial charge >= 0.3 is 0 Å². The molecule has 2 aromatic carbocycles. The molecule has 1 aliphatic heterocycles. The zero-order valence-corrected chi connectivity index (χ0v) is 15.9. The van der Waals surface area contributed by atoms with Gasteiger partial charge in [-0.25, -0.2) is 0 Å². The van der Waals surface area contributed by atoms with Gasteiger partial charge in [0.2, 0.25) is 0 Å². The third kappa shape index (κ3) is 3.98. The van der Waals surface area contributed by atoms with Gasteiger partial charge in [0.05, 0.1) is 18.7 Å². The van der Waals surface area contributed by atoms with Crippen LogP contribution in [0.15, 0.2) is 59.8 Å². The van der Waals surface area contributed by atoms with Crippen LogP contribution in [0, 0.1) is 0 Å². The van der Waals surface area contributed by atoms with E-state index in [4.69, 9.17) is 28.6 Å². The Morgan fingerprint density at radius 3 is 2.42 bits per heavy atom. The molecule has 0 radical (unpaired) electrons. The highest BCUT2D eigenvalue weighted by Crippen LogP contribution is 2.29. The summed E-state index contributed by atoms with van der Waals surface area (Å²) in [6.07, 6.45) is 0. The summed E-state index contributed by atoms with van der Waals surface area (Å²) < 4.78 is 5.14. The van der Waals surface area contributed by atoms with Crippen LogP contribution < -0.4 is 20.7 Å². The largest absolute Gasteiger partial charge is 0.497 e. The van der Waals surface area contributed by atoms with Crippen LogP contribution in [0.3, 0.4) is 0 Å². The zero-order valence-electron chi connectivity index (χ0n) is 14.3. The molecule has 1 amide bonds. The predicted octanol–water partition coefficient (Wildman–Crippen LogP) is 3.78. The SMILES string of the molecule is COc1ccc(NC(=O)C2=C(C)NC(=S)NC2c2ccc(Cl)cc2)cc1. The fraction of sp³-hybridized carbons (Fsp3) is 0.158. The number of benzene rings is 2. The fourth-order valence-electron chi connectivity index (χ4n) is 2.77. The average Bonchev–Trinajstić information content (AvgIpc) is 2.62. The molecule has 7 heteroatoms. The molecule has 0 saturated heterocycles. The number of rotatable bonds is 4. The second-order valence-electron chi connectivity index (χ2n) is 5.80. The van der Waals surface area contributed by atoms with Crippen molar-refractivity contribution in [2.45, 2.75) is 13.0 Å². The molecule has 0 fully saturated rings. The molecule has 0 bridgehead atoms. The maximum Gasteiger partial charge on any atom is 0.255 e. The Kier molecular flexibility index (Phi) is 5.44. The Morgan fingerprint density at radius 2 is 1.81 bits per heavy atom. The summed E-state index contributed by atoms with van der Waals surface area (Å²) in [5.74, 6) is 0.513. The van der Waals surface area contributed by atoms with Gasteiger partial charge in [-0.3, -0.25) is 4.79 Å². The van der Waals surface area contributed by atoms with E-state index >= 15 is 0 Å². The maximum atomic E-state index is 12.9. The molecule has 2 aromatic rings. The number of anilines is 1. The summed E-state index contributed by atoms with van der Waals surface area (Å²) in [6, 6.07) is 14.1. The molecular formula is C19H18ClN3O2S. The number of carbonyl (C=O) groups excluding carboxylic acids is 1. The lowest BCUT2D eigenvalue weighted by Gasteiger charge is -2.30. The van der Waals surface area contributed by atoms with E-state index < -0.39 is 0 Å². The highest BCUT2D eigenvalue weighted by molar-refractivity contribution is 7.80. The monoisotopic (exact) mass is 387 g/mol. The number of hydrogen-bond acceptors (Lipinski definition) is 3. The first-order chi connectivity index (χ1) is 12.5. The number of hydrogen-bond donors (Lipinski definition) is 3. The van der Waals surface area contributed by atoms with Crippen LogP contribution in [-0.4, -0.2) is 18.1 Å². The summed E-state index contributed by atoms with van der Waals surface area (Å²) >= 11 is 11.2. The normalized spacial score (nSPS) is 16.6. The van der Waals surface area contributed by atoms with Gasteiger partial charge in [0.25, 0.3) is 5.91 Å². The molecule has 1 unspecified atom stereocenters. The lowest BCUT2D eigenvalue weighted by atomic mass is 9.95. The van der Waals surface area contributed by atoms with E-state index in [9.17, 15) is 4.79 Å². The minimum Gasteiger partial charge on any atom is -0.497 e. The second kappa shape index (κ2) is 7.76. The molecule has 1 atom stereocenters. The summed E-state index contributed by atoms with van der Waals surface area (Å²) in [5, 5.41) is 10.2. The quantitative estimate of drug-likeness (QED) is 0.697. The van der Waals surface area contributed by atoms with Crippen LogP contribution in [-0.2, 0) is 4.79 Å². The van der Waals surface area contributed by atoms with Crippen LogP contribution in [0.4, 0.5) is 5.69 Å². The molecule has 0 aromatic heterocycles. The minimum absolute atomic E-state index is 0.213. The van der Waals surface area contributed by atoms with E-state index in [2.05, 4.69) is 16.0 Å². The number of amides is 1. The first-order valence-corrected chi connectivity index (χ1v) is 8.75. The standard InChI is InChI=1S/C19H18ClN3O2S/c1-11-16(18(24)22-14-7-9-15(25-2)10-8-14)17(23-19(26)21-11)12-3-5-13(20)6-4-12/h3-10,17H,1-2H3,(H,22,24)(H2,21,23,26). The first-order valence-electron chi connectivity index (χ1n) is 7.97. The van der Waals surface area contributed by atoms with E-state index in [1.807, 2.05) is 19.1 Å². The molecule has 1 heterocycles. The van der Waals surface area contributed by atoms with Gasteiger partial charge in [-0.05, 0) is 61.1 Å². The number of carbonyl (C=O) groups is 1. The highest BCUT2D eigenvalue weighted by Gasteiger charge is 2.29. The topological polar surface area (TPSA) is 62.4 Å². The number of methoxy groups -OCH3 is 1. The predicted molar refractivity (Wildman–Crippen MR) is 107 cm³/mol. The minimum atomic E-state index is -0.362. The van der Waals surface area contributed by atoms with Crippen LogP contribution in [0.1, 0.15) is 18.5 Å². The number of ether oxygens (including phenoxy) is 1. The molecule has 134 valence electrons. The van der Waals surface area contributed by atoms with E-state index in [0.29, 0.717) is 27.1 Å². The van der Waals surface area contributed by atoms with Crippen LogP contribution >= 0.6 is 23.8 Å². The Balaban J connectivity index is 1.89. The second-order valence-corrected chi connectivity index (χ2v) is 6.65. The molecule has 5 nitrogen and oxygen atoms in total. The van der Waals surface area contributed by atoms with Crippen molar-refractivity contribution >= 4 is 40.5 Å². The fourth-order valence-corrected chi connectivity index (χ4v) is 3.17. The van der Waals surface area contributed by atoms with Crippen molar-refractivity contribution in [2.24, 2.45) is 0 Å². The average molecular weight is 388 g/mol. The smallest absolute Gasteiger partial charge is 0.255 e. The van der Waals surface area contributed by atoms with Gasteiger partial charge in [-0.15, -0.1) is 0 Å². The molecule has 3 N–H and O–H groups in total. The number of thiocarbonyl (C=S) groups is 1. The number of allylic oxidation sites excluding steroid dienone is 1. The maximum absolute atomic E-state index is 12.9. The van der Waals surface area contributed by atoms with Gasteiger partial charge in [0.15, 0.2) is 5.11 Å². The molecule has 1 aliphatic rings. The van der Waals surface area contributed by atoms with Gasteiger partial charge < -0.3 is 20.7 Å². The zero-order chi connectivity index (χ0) is 18.7. The Hall–Kier alpha value is -2.57. The van der Waals surface area contributed by atoms with E-state index in [0.717, 1.165) is 11.3 Å². The van der Waals surface area contributed by atoms with Crippen LogP contribution in [0.25, 0.3) is 0 Å². The molecular weight excluding hydrogens is 370 g/mol. The summed E-state index contributed by atoms with van der Waals surface area (Å²) in [6.45, 7) is 1.83. The van der Waals surface area contributed by atoms with Crippen molar-refractivity contribution in [3.05, 3.63) is 70.4 Å². The van der Waals surface area contributed by atoms with Gasteiger partial charge in [0, 0.05) is 16.4 Å². The third-order valence-electron chi connectivity index (χ3n) is 4.06. The van der Waals surface area contributed by atoms with Crippen LogP contribution in [0.5, 0.6) is 5.75 Å². The molecule has 0 aliphatic carbocycles. The van der Waals surface area contributed by atoms with Crippen molar-refractivity contribution in [1.82, 2.24) is 10.6 Å². The Bertz CT molecular complexity index is 863. The molecule has 26 heavy (non-hydrogen) atoms. The summed E-state index contributed by atoms with van der Waals surface area (Å²) in [7, 11) is 1.60. The van der Waals surface area contributed by atoms with Gasteiger partial charge in [-0.2, -0.15) is 0 Å². The van der Waals surface area contributed by atoms with Crippen molar-refractivity contribution < 1.29 is 9.53 Å².